The lowest BCUT2D eigenvalue weighted by Gasteiger charge is -2.35. The summed E-state index contributed by atoms with van der Waals surface area (Å²) in [4.78, 5) is 30.7. The lowest BCUT2D eigenvalue weighted by atomic mass is 9.86. The molecule has 2 amide bonds. The Morgan fingerprint density at radius 3 is 2.29 bits per heavy atom. The van der Waals surface area contributed by atoms with Crippen LogP contribution in [0, 0.1) is 5.92 Å². The first-order valence-electron chi connectivity index (χ1n) is 12.6. The third-order valence-electron chi connectivity index (χ3n) is 6.70. The zero-order valence-corrected chi connectivity index (χ0v) is 21.6. The van der Waals surface area contributed by atoms with Gasteiger partial charge in [0.1, 0.15) is 12.4 Å². The van der Waals surface area contributed by atoms with Crippen molar-refractivity contribution in [3.8, 4) is 5.75 Å². The molecule has 2 aromatic carbocycles. The van der Waals surface area contributed by atoms with E-state index in [9.17, 15) is 9.59 Å². The molecule has 0 bridgehead atoms. The molecule has 5 nitrogen and oxygen atoms in total. The summed E-state index contributed by atoms with van der Waals surface area (Å²) in [6.07, 6.45) is 1.68. The molecule has 0 fully saturated rings. The highest BCUT2D eigenvalue weighted by atomic mass is 16.5. The van der Waals surface area contributed by atoms with E-state index in [1.807, 2.05) is 53.1 Å². The molecule has 1 aliphatic rings. The molecule has 0 spiro atoms. The van der Waals surface area contributed by atoms with Crippen LogP contribution in [0.5, 0.6) is 5.75 Å². The normalized spacial score (nSPS) is 18.1. The number of fused-ring (bicyclic) bond motifs is 1. The van der Waals surface area contributed by atoms with Crippen LogP contribution in [0.4, 0.5) is 0 Å². The first kappa shape index (κ1) is 25.8. The summed E-state index contributed by atoms with van der Waals surface area (Å²) >= 11 is 0. The zero-order valence-electron chi connectivity index (χ0n) is 21.6. The van der Waals surface area contributed by atoms with Crippen molar-refractivity contribution in [2.45, 2.75) is 65.8 Å². The number of carbonyl (C=O) groups excluding carboxylic acids is 2. The van der Waals surface area contributed by atoms with Gasteiger partial charge in [-0.15, -0.1) is 0 Å². The second kappa shape index (κ2) is 11.1. The van der Waals surface area contributed by atoms with Crippen LogP contribution >= 0.6 is 0 Å². The first-order chi connectivity index (χ1) is 16.1. The Labute approximate surface area is 205 Å². The first-order valence-corrected chi connectivity index (χ1v) is 12.6. The minimum atomic E-state index is -0.0975. The van der Waals surface area contributed by atoms with Crippen molar-refractivity contribution < 1.29 is 14.3 Å². The second-order valence-corrected chi connectivity index (χ2v) is 10.5. The highest BCUT2D eigenvalue weighted by molar-refractivity contribution is 5.97. The summed E-state index contributed by atoms with van der Waals surface area (Å²) < 4.78 is 6.24. The number of amides is 2. The van der Waals surface area contributed by atoms with Crippen molar-refractivity contribution in [2.75, 3.05) is 26.2 Å². The van der Waals surface area contributed by atoms with Crippen LogP contribution in [0.1, 0.15) is 80.7 Å². The van der Waals surface area contributed by atoms with Gasteiger partial charge >= 0.3 is 0 Å². The summed E-state index contributed by atoms with van der Waals surface area (Å²) in [5, 5.41) is 0. The second-order valence-electron chi connectivity index (χ2n) is 10.5. The average Bonchev–Trinajstić information content (AvgIpc) is 2.81. The fraction of sp³-hybridized carbons (Fsp3) is 0.517. The lowest BCUT2D eigenvalue weighted by Crippen LogP contribution is -2.47. The van der Waals surface area contributed by atoms with Crippen molar-refractivity contribution in [1.82, 2.24) is 9.80 Å². The molecule has 0 aromatic heterocycles. The molecule has 184 valence electrons. The summed E-state index contributed by atoms with van der Waals surface area (Å²) in [6, 6.07) is 15.4. The molecule has 0 N–H and O–H groups in total. The molecular weight excluding hydrogens is 424 g/mol. The van der Waals surface area contributed by atoms with Crippen molar-refractivity contribution >= 4 is 11.8 Å². The average molecular weight is 465 g/mol. The van der Waals surface area contributed by atoms with Crippen molar-refractivity contribution in [2.24, 2.45) is 5.92 Å². The maximum absolute atomic E-state index is 13.7. The van der Waals surface area contributed by atoms with E-state index in [2.05, 4.69) is 46.8 Å². The summed E-state index contributed by atoms with van der Waals surface area (Å²) in [6.45, 7) is 15.1. The van der Waals surface area contributed by atoms with Gasteiger partial charge in [0.05, 0.1) is 11.6 Å². The number of benzene rings is 2. The van der Waals surface area contributed by atoms with Gasteiger partial charge in [-0.25, -0.2) is 0 Å². The fourth-order valence-corrected chi connectivity index (χ4v) is 4.44. The number of ether oxygens (including phenoxy) is 1. The summed E-state index contributed by atoms with van der Waals surface area (Å²) in [5.74, 6) is 0.831. The highest BCUT2D eigenvalue weighted by Gasteiger charge is 2.29. The number of hydrogen-bond acceptors (Lipinski definition) is 3. The van der Waals surface area contributed by atoms with Crippen molar-refractivity contribution in [1.29, 1.82) is 0 Å². The van der Waals surface area contributed by atoms with Gasteiger partial charge < -0.3 is 14.5 Å². The van der Waals surface area contributed by atoms with Gasteiger partial charge in [-0.3, -0.25) is 9.59 Å². The fourth-order valence-electron chi connectivity index (χ4n) is 4.44. The Morgan fingerprint density at radius 1 is 1.03 bits per heavy atom. The molecule has 2 aromatic rings. The van der Waals surface area contributed by atoms with Gasteiger partial charge in [-0.1, -0.05) is 58.9 Å². The van der Waals surface area contributed by atoms with Crippen LogP contribution < -0.4 is 4.74 Å². The van der Waals surface area contributed by atoms with Crippen LogP contribution in [0.3, 0.4) is 0 Å². The molecule has 5 heteroatoms. The Hall–Kier alpha value is -2.82. The monoisotopic (exact) mass is 464 g/mol. The smallest absolute Gasteiger partial charge is 0.257 e. The van der Waals surface area contributed by atoms with Crippen LogP contribution in [0.2, 0.25) is 0 Å². The zero-order chi connectivity index (χ0) is 24.9. The molecule has 1 aliphatic heterocycles. The molecule has 1 atom stereocenters. The Bertz CT molecular complexity index is 976. The van der Waals surface area contributed by atoms with Gasteiger partial charge in [0.15, 0.2) is 0 Å². The molecular formula is C29H40N2O3. The van der Waals surface area contributed by atoms with Gasteiger partial charge in [0.2, 0.25) is 0 Å². The molecule has 3 rings (SSSR count). The predicted molar refractivity (Wildman–Crippen MR) is 138 cm³/mol. The topological polar surface area (TPSA) is 49.9 Å². The highest BCUT2D eigenvalue weighted by Crippen LogP contribution is 2.26. The van der Waals surface area contributed by atoms with Crippen molar-refractivity contribution in [3.05, 3.63) is 65.2 Å². The number of carbonyl (C=O) groups is 2. The van der Waals surface area contributed by atoms with Gasteiger partial charge in [0.25, 0.3) is 11.8 Å². The van der Waals surface area contributed by atoms with E-state index in [-0.39, 0.29) is 29.2 Å². The maximum Gasteiger partial charge on any atom is 0.257 e. The van der Waals surface area contributed by atoms with E-state index in [0.29, 0.717) is 43.1 Å². The minimum Gasteiger partial charge on any atom is -0.491 e. The van der Waals surface area contributed by atoms with E-state index in [1.54, 1.807) is 0 Å². The standard InChI is InChI=1S/C29H40N2O3/c1-7-30-18-10-11-19-31(27(32)22-14-16-23(17-15-22)29(4,5)6)25(21(2)3)20-34-26-13-9-8-12-24(26)28(30)33/h8-9,12-17,21,25H,7,10-11,18-20H2,1-6H3/t25-/m1/s1. The molecule has 34 heavy (non-hydrogen) atoms. The molecule has 0 saturated carbocycles. The molecule has 0 radical (unpaired) electrons. The SMILES string of the molecule is CCN1CCCCN(C(=O)c2ccc(C(C)(C)C)cc2)[C@@H](C(C)C)COc2ccccc2C1=O. The number of nitrogens with zero attached hydrogens (tertiary/aromatic N) is 2. The van der Waals surface area contributed by atoms with Crippen LogP contribution in [-0.4, -0.2) is 53.9 Å². The number of rotatable bonds is 3. The van der Waals surface area contributed by atoms with E-state index in [4.69, 9.17) is 4.74 Å². The Balaban J connectivity index is 1.92. The van der Waals surface area contributed by atoms with Crippen LogP contribution in [-0.2, 0) is 5.41 Å². The third kappa shape index (κ3) is 5.99. The Kier molecular flexibility index (Phi) is 8.40. The summed E-state index contributed by atoms with van der Waals surface area (Å²) in [7, 11) is 0. The number of para-hydroxylation sites is 1. The number of hydrogen-bond donors (Lipinski definition) is 0. The van der Waals surface area contributed by atoms with E-state index >= 15 is 0 Å². The quantitative estimate of drug-likeness (QED) is 0.578. The lowest BCUT2D eigenvalue weighted by molar-refractivity contribution is 0.0512. The molecule has 0 unspecified atom stereocenters. The van der Waals surface area contributed by atoms with E-state index in [0.717, 1.165) is 12.8 Å². The van der Waals surface area contributed by atoms with E-state index in [1.165, 1.54) is 5.56 Å². The molecule has 1 heterocycles. The van der Waals surface area contributed by atoms with Gasteiger partial charge in [-0.05, 0) is 60.9 Å². The largest absolute Gasteiger partial charge is 0.491 e. The van der Waals surface area contributed by atoms with Crippen molar-refractivity contribution in [3.63, 3.8) is 0 Å². The van der Waals surface area contributed by atoms with E-state index < -0.39 is 0 Å². The van der Waals surface area contributed by atoms with Crippen LogP contribution in [0.15, 0.2) is 48.5 Å². The third-order valence-corrected chi connectivity index (χ3v) is 6.70. The summed E-state index contributed by atoms with van der Waals surface area (Å²) in [5.41, 5.74) is 2.54. The Morgan fingerprint density at radius 2 is 1.68 bits per heavy atom. The van der Waals surface area contributed by atoms with Crippen LogP contribution in [0.25, 0.3) is 0 Å². The minimum absolute atomic E-state index is 0.00615. The molecule has 0 aliphatic carbocycles. The van der Waals surface area contributed by atoms with Gasteiger partial charge in [-0.2, -0.15) is 0 Å². The maximum atomic E-state index is 13.7. The molecule has 0 saturated heterocycles. The van der Waals surface area contributed by atoms with Gasteiger partial charge in [0, 0.05) is 25.2 Å². The predicted octanol–water partition coefficient (Wildman–Crippen LogP) is 5.79.